The number of aliphatic hydroxyl groups is 1. The SMILES string of the molecule is C[C@@H]1Cc2c(cc(N3CC[C@@H](O)C3)nc2N2CCCc3cc(-c4cnn(C)c4)c(C(F)F)cc32)N(C)C1=O. The van der Waals surface area contributed by atoms with Crippen LogP contribution < -0.4 is 14.7 Å². The molecule has 10 heteroatoms. The molecule has 38 heavy (non-hydrogen) atoms. The van der Waals surface area contributed by atoms with Crippen LogP contribution in [0.15, 0.2) is 30.6 Å². The molecule has 1 amide bonds. The normalized spacial score (nSPS) is 21.3. The van der Waals surface area contributed by atoms with Gasteiger partial charge in [-0.3, -0.25) is 9.48 Å². The molecule has 6 rings (SSSR count). The Hall–Kier alpha value is -3.53. The minimum Gasteiger partial charge on any atom is -0.391 e. The van der Waals surface area contributed by atoms with Gasteiger partial charge in [-0.05, 0) is 48.9 Å². The second-order valence-electron chi connectivity index (χ2n) is 10.7. The van der Waals surface area contributed by atoms with Crippen LogP contribution in [0.1, 0.15) is 42.9 Å². The van der Waals surface area contributed by atoms with Gasteiger partial charge in [0.25, 0.3) is 6.43 Å². The summed E-state index contributed by atoms with van der Waals surface area (Å²) in [6, 6.07) is 5.43. The Bertz CT molecular complexity index is 1410. The number of aryl methyl sites for hydroxylation is 2. The largest absolute Gasteiger partial charge is 0.391 e. The van der Waals surface area contributed by atoms with Gasteiger partial charge in [0, 0.05) is 74.3 Å². The highest BCUT2D eigenvalue weighted by atomic mass is 19.3. The van der Waals surface area contributed by atoms with E-state index in [2.05, 4.69) is 10.00 Å². The van der Waals surface area contributed by atoms with Crippen LogP contribution in [0.2, 0.25) is 0 Å². The van der Waals surface area contributed by atoms with Crippen molar-refractivity contribution in [2.45, 2.75) is 45.1 Å². The zero-order valence-electron chi connectivity index (χ0n) is 21.9. The average Bonchev–Trinajstić information content (AvgIpc) is 3.54. The van der Waals surface area contributed by atoms with Crippen molar-refractivity contribution in [3.63, 3.8) is 0 Å². The molecule has 0 saturated carbocycles. The maximum absolute atomic E-state index is 14.4. The molecule has 3 aliphatic heterocycles. The summed E-state index contributed by atoms with van der Waals surface area (Å²) in [7, 11) is 3.55. The Morgan fingerprint density at radius 3 is 2.63 bits per heavy atom. The number of carbonyl (C=O) groups excluding carboxylic acids is 1. The van der Waals surface area contributed by atoms with Gasteiger partial charge in [-0.2, -0.15) is 5.10 Å². The first-order valence-corrected chi connectivity index (χ1v) is 13.2. The van der Waals surface area contributed by atoms with Crippen molar-refractivity contribution in [1.82, 2.24) is 14.8 Å². The number of β-amino-alcohol motifs (C(OH)–C–C–N with tert-alkyl or cyclic N) is 1. The Morgan fingerprint density at radius 1 is 1.13 bits per heavy atom. The van der Waals surface area contributed by atoms with Crippen LogP contribution in [-0.4, -0.2) is 58.6 Å². The van der Waals surface area contributed by atoms with Crippen LogP contribution in [0.25, 0.3) is 11.1 Å². The predicted octanol–water partition coefficient (Wildman–Crippen LogP) is 4.23. The standard InChI is InChI=1S/C28H32F2N6O2/c1-16-9-22-24(34(3)28(16)38)12-25(35-8-6-19(37)15-35)32-27(22)36-7-4-5-17-10-20(18-13-31-33(2)14-18)21(26(29)30)11-23(17)36/h10-14,16,19,26,37H,4-9,15H2,1-3H3/t16-,19-/m1/s1. The van der Waals surface area contributed by atoms with E-state index in [1.165, 1.54) is 0 Å². The van der Waals surface area contributed by atoms with Gasteiger partial charge in [0.15, 0.2) is 0 Å². The van der Waals surface area contributed by atoms with E-state index >= 15 is 0 Å². The molecule has 0 bridgehead atoms. The molecule has 3 aromatic rings. The van der Waals surface area contributed by atoms with Gasteiger partial charge in [-0.25, -0.2) is 13.8 Å². The fraction of sp³-hybridized carbons (Fsp3) is 0.464. The van der Waals surface area contributed by atoms with Gasteiger partial charge in [-0.1, -0.05) is 6.92 Å². The quantitative estimate of drug-likeness (QED) is 0.553. The molecule has 200 valence electrons. The summed E-state index contributed by atoms with van der Waals surface area (Å²) in [5, 5.41) is 14.3. The van der Waals surface area contributed by atoms with Crippen LogP contribution in [0.4, 0.5) is 31.8 Å². The summed E-state index contributed by atoms with van der Waals surface area (Å²) < 4.78 is 30.4. The van der Waals surface area contributed by atoms with Crippen molar-refractivity contribution < 1.29 is 18.7 Å². The third-order valence-corrected chi connectivity index (χ3v) is 8.05. The lowest BCUT2D eigenvalue weighted by molar-refractivity contribution is -0.121. The molecular weight excluding hydrogens is 490 g/mol. The molecule has 3 aliphatic rings. The summed E-state index contributed by atoms with van der Waals surface area (Å²) in [6.45, 7) is 3.69. The van der Waals surface area contributed by atoms with Gasteiger partial charge in [-0.15, -0.1) is 0 Å². The number of alkyl halides is 2. The number of rotatable bonds is 4. The number of fused-ring (bicyclic) bond motifs is 2. The molecule has 5 heterocycles. The number of pyridine rings is 1. The van der Waals surface area contributed by atoms with Crippen molar-refractivity contribution in [2.75, 3.05) is 41.4 Å². The molecule has 1 aromatic carbocycles. The number of aromatic nitrogens is 3. The first-order valence-electron chi connectivity index (χ1n) is 13.2. The molecule has 0 spiro atoms. The third-order valence-electron chi connectivity index (χ3n) is 8.05. The average molecular weight is 523 g/mol. The minimum atomic E-state index is -2.65. The smallest absolute Gasteiger partial charge is 0.264 e. The molecule has 1 fully saturated rings. The van der Waals surface area contributed by atoms with Crippen molar-refractivity contribution >= 4 is 28.9 Å². The molecule has 2 aromatic heterocycles. The van der Waals surface area contributed by atoms with E-state index in [-0.39, 0.29) is 17.4 Å². The molecule has 0 radical (unpaired) electrons. The molecule has 2 atom stereocenters. The van der Waals surface area contributed by atoms with E-state index in [0.29, 0.717) is 55.2 Å². The zero-order valence-corrected chi connectivity index (χ0v) is 21.9. The van der Waals surface area contributed by atoms with Gasteiger partial charge < -0.3 is 19.8 Å². The van der Waals surface area contributed by atoms with Crippen LogP contribution in [0.3, 0.4) is 0 Å². The van der Waals surface area contributed by atoms with Gasteiger partial charge >= 0.3 is 0 Å². The summed E-state index contributed by atoms with van der Waals surface area (Å²) >= 11 is 0. The second-order valence-corrected chi connectivity index (χ2v) is 10.7. The number of carbonyl (C=O) groups is 1. The highest BCUT2D eigenvalue weighted by Gasteiger charge is 2.35. The lowest BCUT2D eigenvalue weighted by Gasteiger charge is -2.38. The second kappa shape index (κ2) is 9.34. The molecule has 1 saturated heterocycles. The van der Waals surface area contributed by atoms with Crippen molar-refractivity contribution in [3.8, 4) is 11.1 Å². The molecular formula is C28H32F2N6O2. The van der Waals surface area contributed by atoms with E-state index in [1.807, 2.05) is 24.0 Å². The Morgan fingerprint density at radius 2 is 1.95 bits per heavy atom. The molecule has 1 N–H and O–H groups in total. The minimum absolute atomic E-state index is 0.0306. The number of amides is 1. The number of aliphatic hydroxyl groups excluding tert-OH is 1. The van der Waals surface area contributed by atoms with Crippen molar-refractivity contribution in [2.24, 2.45) is 13.0 Å². The van der Waals surface area contributed by atoms with Crippen LogP contribution in [0, 0.1) is 5.92 Å². The maximum Gasteiger partial charge on any atom is 0.264 e. The molecule has 8 nitrogen and oxygen atoms in total. The highest BCUT2D eigenvalue weighted by molar-refractivity contribution is 5.99. The number of nitrogens with zero attached hydrogens (tertiary/aromatic N) is 6. The Balaban J connectivity index is 1.52. The van der Waals surface area contributed by atoms with Crippen molar-refractivity contribution in [3.05, 3.63) is 47.3 Å². The number of hydrogen-bond donors (Lipinski definition) is 1. The van der Waals surface area contributed by atoms with Crippen LogP contribution in [0.5, 0.6) is 0 Å². The van der Waals surface area contributed by atoms with Crippen molar-refractivity contribution in [1.29, 1.82) is 0 Å². The summed E-state index contributed by atoms with van der Waals surface area (Å²) in [5.74, 6) is 1.24. The molecule has 0 unspecified atom stereocenters. The zero-order chi connectivity index (χ0) is 26.7. The summed E-state index contributed by atoms with van der Waals surface area (Å²) in [4.78, 5) is 23.8. The van der Waals surface area contributed by atoms with E-state index in [9.17, 15) is 18.7 Å². The fourth-order valence-electron chi connectivity index (χ4n) is 6.06. The number of anilines is 4. The number of hydrogen-bond acceptors (Lipinski definition) is 6. The summed E-state index contributed by atoms with van der Waals surface area (Å²) in [6.07, 6.45) is 3.11. The number of halogens is 2. The van der Waals surface area contributed by atoms with Gasteiger partial charge in [0.05, 0.1) is 18.0 Å². The van der Waals surface area contributed by atoms with E-state index < -0.39 is 12.5 Å². The Labute approximate surface area is 220 Å². The van der Waals surface area contributed by atoms with Gasteiger partial charge in [0.1, 0.15) is 11.6 Å². The fourth-order valence-corrected chi connectivity index (χ4v) is 6.06. The lowest BCUT2D eigenvalue weighted by Crippen LogP contribution is -2.39. The lowest BCUT2D eigenvalue weighted by atomic mass is 9.91. The van der Waals surface area contributed by atoms with E-state index in [0.717, 1.165) is 35.3 Å². The predicted molar refractivity (Wildman–Crippen MR) is 142 cm³/mol. The van der Waals surface area contributed by atoms with Crippen LogP contribution >= 0.6 is 0 Å². The first-order chi connectivity index (χ1) is 18.2. The van der Waals surface area contributed by atoms with Gasteiger partial charge in [0.2, 0.25) is 5.91 Å². The topological polar surface area (TPSA) is 77.7 Å². The van der Waals surface area contributed by atoms with E-state index in [1.54, 1.807) is 42.1 Å². The summed E-state index contributed by atoms with van der Waals surface area (Å²) in [5.41, 5.74) is 4.61. The van der Waals surface area contributed by atoms with Crippen LogP contribution in [-0.2, 0) is 24.7 Å². The highest BCUT2D eigenvalue weighted by Crippen LogP contribution is 2.45. The van der Waals surface area contributed by atoms with E-state index in [4.69, 9.17) is 4.98 Å². The molecule has 0 aliphatic carbocycles. The monoisotopic (exact) mass is 522 g/mol. The third kappa shape index (κ3) is 4.11. The maximum atomic E-state index is 14.4. The number of benzene rings is 1. The first kappa shape index (κ1) is 24.8. The Kier molecular flexibility index (Phi) is 6.09.